The molecule has 0 fully saturated rings. The van der Waals surface area contributed by atoms with Crippen LogP contribution in [0.1, 0.15) is 11.1 Å². The Bertz CT molecular complexity index is 1020. The van der Waals surface area contributed by atoms with E-state index in [0.29, 0.717) is 22.3 Å². The number of hydrogen-bond donors (Lipinski definition) is 1. The third-order valence-electron chi connectivity index (χ3n) is 4.80. The third kappa shape index (κ3) is 4.78. The fourth-order valence-corrected chi connectivity index (χ4v) is 3.62. The Morgan fingerprint density at radius 1 is 0.931 bits per heavy atom. The molecule has 4 rings (SSSR count). The first kappa shape index (κ1) is 19.5. The van der Waals surface area contributed by atoms with Gasteiger partial charge in [-0.3, -0.25) is 0 Å². The average molecular weight is 424 g/mol. The Hall–Kier alpha value is -2.82. The number of carbonyl (C=O) groups is 1. The van der Waals surface area contributed by atoms with Crippen LogP contribution >= 0.6 is 23.2 Å². The van der Waals surface area contributed by atoms with E-state index in [0.717, 1.165) is 17.7 Å². The van der Waals surface area contributed by atoms with Crippen LogP contribution < -0.4 is 5.32 Å². The summed E-state index contributed by atoms with van der Waals surface area (Å²) in [5.74, 6) is 0.0922. The fraction of sp³-hybridized carbons (Fsp3) is 0.130. The van der Waals surface area contributed by atoms with Crippen LogP contribution in [0.15, 0.2) is 84.0 Å². The van der Waals surface area contributed by atoms with Crippen molar-refractivity contribution in [2.24, 2.45) is 11.0 Å². The zero-order valence-electron chi connectivity index (χ0n) is 15.6. The van der Waals surface area contributed by atoms with Crippen molar-refractivity contribution < 1.29 is 4.79 Å². The summed E-state index contributed by atoms with van der Waals surface area (Å²) in [6.07, 6.45) is 0.799. The smallest absolute Gasteiger partial charge is 0.306 e. The molecule has 0 radical (unpaired) electrons. The van der Waals surface area contributed by atoms with Gasteiger partial charge in [-0.25, -0.2) is 9.80 Å². The first-order valence-corrected chi connectivity index (χ1v) is 10.1. The number of halogens is 2. The summed E-state index contributed by atoms with van der Waals surface area (Å²) in [7, 11) is 0. The first-order valence-electron chi connectivity index (χ1n) is 9.31. The molecule has 0 spiro atoms. The molecule has 1 N–H and O–H groups in total. The second kappa shape index (κ2) is 8.68. The van der Waals surface area contributed by atoms with Crippen molar-refractivity contribution in [3.05, 3.63) is 100 Å². The SMILES string of the molecule is O=C(Nc1ccc(Cl)cc1)N1CC(Cc2ccccc2)C(c2ccc(Cl)cc2)=N1. The Morgan fingerprint density at radius 2 is 1.55 bits per heavy atom. The van der Waals surface area contributed by atoms with Crippen molar-refractivity contribution in [1.29, 1.82) is 0 Å². The third-order valence-corrected chi connectivity index (χ3v) is 5.31. The highest BCUT2D eigenvalue weighted by Crippen LogP contribution is 2.25. The minimum Gasteiger partial charge on any atom is -0.306 e. The molecule has 0 aliphatic carbocycles. The van der Waals surface area contributed by atoms with E-state index in [4.69, 9.17) is 23.2 Å². The second-order valence-corrected chi connectivity index (χ2v) is 7.77. The molecular weight excluding hydrogens is 405 g/mol. The molecule has 3 aromatic carbocycles. The number of nitrogens with one attached hydrogen (secondary N) is 1. The molecule has 1 aliphatic heterocycles. The molecule has 2 amide bonds. The summed E-state index contributed by atoms with van der Waals surface area (Å²) in [5, 5.41) is 10.3. The van der Waals surface area contributed by atoms with Gasteiger partial charge in [-0.2, -0.15) is 5.10 Å². The van der Waals surface area contributed by atoms with Crippen LogP contribution in [0.2, 0.25) is 10.0 Å². The molecule has 146 valence electrons. The Morgan fingerprint density at radius 3 is 2.21 bits per heavy atom. The van der Waals surface area contributed by atoms with Gasteiger partial charge in [-0.15, -0.1) is 0 Å². The highest BCUT2D eigenvalue weighted by molar-refractivity contribution is 6.31. The predicted octanol–water partition coefficient (Wildman–Crippen LogP) is 6.10. The zero-order chi connectivity index (χ0) is 20.2. The van der Waals surface area contributed by atoms with Gasteiger partial charge in [0.2, 0.25) is 0 Å². The molecule has 0 saturated heterocycles. The summed E-state index contributed by atoms with van der Waals surface area (Å²) < 4.78 is 0. The van der Waals surface area contributed by atoms with E-state index in [9.17, 15) is 4.79 Å². The average Bonchev–Trinajstić information content (AvgIpc) is 3.15. The number of rotatable bonds is 4. The first-order chi connectivity index (χ1) is 14.1. The minimum absolute atomic E-state index is 0.0922. The Balaban J connectivity index is 1.57. The number of hydrazone groups is 1. The van der Waals surface area contributed by atoms with Gasteiger partial charge < -0.3 is 5.32 Å². The molecule has 0 bridgehead atoms. The van der Waals surface area contributed by atoms with Gasteiger partial charge in [0.15, 0.2) is 0 Å². The number of nitrogens with zero attached hydrogens (tertiary/aromatic N) is 2. The lowest BCUT2D eigenvalue weighted by atomic mass is 9.91. The maximum absolute atomic E-state index is 12.8. The lowest BCUT2D eigenvalue weighted by Crippen LogP contribution is -2.31. The summed E-state index contributed by atoms with van der Waals surface area (Å²) in [4.78, 5) is 12.8. The van der Waals surface area contributed by atoms with Gasteiger partial charge in [0.05, 0.1) is 12.3 Å². The molecule has 0 aromatic heterocycles. The van der Waals surface area contributed by atoms with E-state index in [1.165, 1.54) is 10.6 Å². The number of urea groups is 1. The van der Waals surface area contributed by atoms with Crippen molar-refractivity contribution in [2.45, 2.75) is 6.42 Å². The summed E-state index contributed by atoms with van der Waals surface area (Å²) in [6, 6.07) is 24.5. The normalized spacial score (nSPS) is 15.9. The van der Waals surface area contributed by atoms with E-state index >= 15 is 0 Å². The van der Waals surface area contributed by atoms with Crippen LogP contribution in [0.4, 0.5) is 10.5 Å². The number of hydrogen-bond acceptors (Lipinski definition) is 2. The number of carbonyl (C=O) groups excluding carboxylic acids is 1. The van der Waals surface area contributed by atoms with Gasteiger partial charge in [0.25, 0.3) is 0 Å². The molecule has 1 atom stereocenters. The number of amides is 2. The lowest BCUT2D eigenvalue weighted by molar-refractivity contribution is 0.215. The summed E-state index contributed by atoms with van der Waals surface area (Å²) in [6.45, 7) is 0.506. The lowest BCUT2D eigenvalue weighted by Gasteiger charge is -2.16. The molecule has 4 nitrogen and oxygen atoms in total. The highest BCUT2D eigenvalue weighted by Gasteiger charge is 2.31. The van der Waals surface area contributed by atoms with Gasteiger partial charge in [0, 0.05) is 21.7 Å². The maximum Gasteiger partial charge on any atom is 0.342 e. The van der Waals surface area contributed by atoms with Gasteiger partial charge in [0.1, 0.15) is 0 Å². The summed E-state index contributed by atoms with van der Waals surface area (Å²) >= 11 is 12.0. The molecule has 29 heavy (non-hydrogen) atoms. The molecule has 1 aliphatic rings. The maximum atomic E-state index is 12.8. The molecule has 6 heteroatoms. The molecular formula is C23H19Cl2N3O. The van der Waals surface area contributed by atoms with E-state index in [2.05, 4.69) is 22.6 Å². The van der Waals surface area contributed by atoms with E-state index < -0.39 is 0 Å². The molecule has 3 aromatic rings. The van der Waals surface area contributed by atoms with Crippen molar-refractivity contribution in [3.8, 4) is 0 Å². The van der Waals surface area contributed by atoms with Crippen LogP contribution in [0.5, 0.6) is 0 Å². The fourth-order valence-electron chi connectivity index (χ4n) is 3.37. The van der Waals surface area contributed by atoms with Crippen molar-refractivity contribution >= 4 is 40.6 Å². The monoisotopic (exact) mass is 423 g/mol. The second-order valence-electron chi connectivity index (χ2n) is 6.90. The Labute approximate surface area is 179 Å². The van der Waals surface area contributed by atoms with Gasteiger partial charge in [-0.1, -0.05) is 65.7 Å². The van der Waals surface area contributed by atoms with Crippen molar-refractivity contribution in [1.82, 2.24) is 5.01 Å². The van der Waals surface area contributed by atoms with E-state index in [1.807, 2.05) is 42.5 Å². The largest absolute Gasteiger partial charge is 0.342 e. The van der Waals surface area contributed by atoms with E-state index in [1.54, 1.807) is 24.3 Å². The zero-order valence-corrected chi connectivity index (χ0v) is 17.1. The number of anilines is 1. The topological polar surface area (TPSA) is 44.7 Å². The molecule has 1 unspecified atom stereocenters. The van der Waals surface area contributed by atoms with Crippen LogP contribution in [0.25, 0.3) is 0 Å². The van der Waals surface area contributed by atoms with Crippen LogP contribution in [-0.4, -0.2) is 23.3 Å². The minimum atomic E-state index is -0.269. The van der Waals surface area contributed by atoms with Crippen molar-refractivity contribution in [2.75, 3.05) is 11.9 Å². The molecule has 1 heterocycles. The van der Waals surface area contributed by atoms with Crippen molar-refractivity contribution in [3.63, 3.8) is 0 Å². The highest BCUT2D eigenvalue weighted by atomic mass is 35.5. The number of benzene rings is 3. The van der Waals surface area contributed by atoms with Crippen LogP contribution in [-0.2, 0) is 6.42 Å². The van der Waals surface area contributed by atoms with E-state index in [-0.39, 0.29) is 11.9 Å². The molecule has 0 saturated carbocycles. The predicted molar refractivity (Wildman–Crippen MR) is 119 cm³/mol. The standard InChI is InChI=1S/C23H19Cl2N3O/c24-19-8-6-17(7-9-19)22-18(14-16-4-2-1-3-5-16)15-28(27-22)23(29)26-21-12-10-20(25)11-13-21/h1-13,18H,14-15H2,(H,26,29). The van der Waals surface area contributed by atoms with Gasteiger partial charge in [-0.05, 0) is 53.9 Å². The quantitative estimate of drug-likeness (QED) is 0.540. The Kier molecular flexibility index (Phi) is 5.84. The summed E-state index contributed by atoms with van der Waals surface area (Å²) in [5.41, 5.74) is 3.74. The van der Waals surface area contributed by atoms with Crippen LogP contribution in [0.3, 0.4) is 0 Å². The van der Waals surface area contributed by atoms with Crippen LogP contribution in [0, 0.1) is 5.92 Å². The van der Waals surface area contributed by atoms with Gasteiger partial charge >= 0.3 is 6.03 Å².